The third-order valence-electron chi connectivity index (χ3n) is 2.55. The molecule has 0 unspecified atom stereocenters. The highest BCUT2D eigenvalue weighted by Gasteiger charge is 2.17. The first-order valence-electron chi connectivity index (χ1n) is 5.54. The largest absolute Gasteiger partial charge is 0.348 e. The molecule has 0 spiro atoms. The highest BCUT2D eigenvalue weighted by Crippen LogP contribution is 2.29. The van der Waals surface area contributed by atoms with Crippen LogP contribution >= 0.6 is 27.3 Å². The molecule has 0 aliphatic carbocycles. The maximum absolute atomic E-state index is 6.03. The number of aromatic amines is 1. The van der Waals surface area contributed by atoms with Crippen LogP contribution in [-0.4, -0.2) is 20.1 Å². The monoisotopic (exact) mass is 339 g/mol. The van der Waals surface area contributed by atoms with Gasteiger partial charge in [0.05, 0.1) is 21.0 Å². The minimum absolute atomic E-state index is 0.342. The zero-order valence-electron chi connectivity index (χ0n) is 9.71. The van der Waals surface area contributed by atoms with E-state index >= 15 is 0 Å². The summed E-state index contributed by atoms with van der Waals surface area (Å²) in [7, 11) is 0. The van der Waals surface area contributed by atoms with E-state index in [-0.39, 0.29) is 6.04 Å². The van der Waals surface area contributed by atoms with E-state index in [2.05, 4.69) is 36.0 Å². The second-order valence-electron chi connectivity index (χ2n) is 3.95. The van der Waals surface area contributed by atoms with Gasteiger partial charge in [0.15, 0.2) is 0 Å². The summed E-state index contributed by atoms with van der Waals surface area (Å²) < 4.78 is 6.23. The summed E-state index contributed by atoms with van der Waals surface area (Å²) >= 11 is 4.95. The molecular weight excluding hydrogens is 330 g/mol. The van der Waals surface area contributed by atoms with E-state index in [0.717, 1.165) is 14.4 Å². The standard InChI is InChI=1S/C11H10BrN5OS/c12-9-2-1-8(19-9)10-16-11(18-17-10)7(13)3-6-4-14-5-15-6/h1-2,4-5,7H,3,13H2,(H,14,15)/t7-/m0/s1. The van der Waals surface area contributed by atoms with Crippen molar-refractivity contribution in [2.24, 2.45) is 5.73 Å². The maximum Gasteiger partial charge on any atom is 0.244 e. The van der Waals surface area contributed by atoms with E-state index in [1.165, 1.54) is 0 Å². The molecule has 98 valence electrons. The van der Waals surface area contributed by atoms with Crippen molar-refractivity contribution in [1.29, 1.82) is 0 Å². The first-order chi connectivity index (χ1) is 9.22. The van der Waals surface area contributed by atoms with Crippen LogP contribution in [0.5, 0.6) is 0 Å². The lowest BCUT2D eigenvalue weighted by Gasteiger charge is -2.03. The van der Waals surface area contributed by atoms with Crippen LogP contribution in [0, 0.1) is 0 Å². The molecule has 19 heavy (non-hydrogen) atoms. The van der Waals surface area contributed by atoms with Gasteiger partial charge in [0.2, 0.25) is 11.7 Å². The quantitative estimate of drug-likeness (QED) is 0.761. The Kier molecular flexibility index (Phi) is 3.45. The molecule has 6 nitrogen and oxygen atoms in total. The highest BCUT2D eigenvalue weighted by atomic mass is 79.9. The Balaban J connectivity index is 1.77. The number of aromatic nitrogens is 4. The molecular formula is C11H10BrN5OS. The van der Waals surface area contributed by atoms with Crippen molar-refractivity contribution in [2.45, 2.75) is 12.5 Å². The molecule has 0 saturated carbocycles. The van der Waals surface area contributed by atoms with Gasteiger partial charge in [0, 0.05) is 18.3 Å². The lowest BCUT2D eigenvalue weighted by molar-refractivity contribution is 0.354. The molecule has 0 aromatic carbocycles. The van der Waals surface area contributed by atoms with E-state index in [0.29, 0.717) is 18.1 Å². The number of hydrogen-bond acceptors (Lipinski definition) is 6. The van der Waals surface area contributed by atoms with Crippen molar-refractivity contribution >= 4 is 27.3 Å². The van der Waals surface area contributed by atoms with Crippen LogP contribution < -0.4 is 5.73 Å². The summed E-state index contributed by atoms with van der Waals surface area (Å²) in [6.45, 7) is 0. The van der Waals surface area contributed by atoms with Gasteiger partial charge in [-0.15, -0.1) is 11.3 Å². The topological polar surface area (TPSA) is 93.6 Å². The van der Waals surface area contributed by atoms with E-state index in [9.17, 15) is 0 Å². The molecule has 8 heteroatoms. The predicted molar refractivity (Wildman–Crippen MR) is 74.5 cm³/mol. The number of imidazole rings is 1. The van der Waals surface area contributed by atoms with Gasteiger partial charge in [-0.2, -0.15) is 4.98 Å². The molecule has 0 fully saturated rings. The first-order valence-corrected chi connectivity index (χ1v) is 7.15. The predicted octanol–water partition coefficient (Wildman–Crippen LogP) is 2.53. The van der Waals surface area contributed by atoms with Gasteiger partial charge in [-0.25, -0.2) is 4.98 Å². The number of nitrogens with two attached hydrogens (primary N) is 1. The minimum Gasteiger partial charge on any atom is -0.348 e. The number of halogens is 1. The van der Waals surface area contributed by atoms with E-state index < -0.39 is 0 Å². The molecule has 0 aliphatic rings. The van der Waals surface area contributed by atoms with Crippen LogP contribution in [-0.2, 0) is 6.42 Å². The molecule has 3 aromatic heterocycles. The number of H-pyrrole nitrogens is 1. The van der Waals surface area contributed by atoms with Crippen molar-refractivity contribution in [3.05, 3.63) is 40.0 Å². The zero-order valence-corrected chi connectivity index (χ0v) is 12.1. The molecule has 0 amide bonds. The molecule has 3 N–H and O–H groups in total. The van der Waals surface area contributed by atoms with Gasteiger partial charge in [0.1, 0.15) is 0 Å². The van der Waals surface area contributed by atoms with Gasteiger partial charge >= 0.3 is 0 Å². The van der Waals surface area contributed by atoms with Crippen molar-refractivity contribution in [3.8, 4) is 10.7 Å². The van der Waals surface area contributed by atoms with Gasteiger partial charge in [0.25, 0.3) is 0 Å². The van der Waals surface area contributed by atoms with Crippen molar-refractivity contribution in [2.75, 3.05) is 0 Å². The SMILES string of the molecule is N[C@@H](Cc1cnc[nH]1)c1nc(-c2ccc(Br)s2)no1. The Morgan fingerprint density at radius 3 is 3.05 bits per heavy atom. The number of nitrogens with zero attached hydrogens (tertiary/aromatic N) is 3. The fourth-order valence-corrected chi connectivity index (χ4v) is 2.95. The number of nitrogens with one attached hydrogen (secondary N) is 1. The Bertz CT molecular complexity index is 662. The summed E-state index contributed by atoms with van der Waals surface area (Å²) in [4.78, 5) is 12.2. The van der Waals surface area contributed by atoms with Crippen LogP contribution in [0.15, 0.2) is 33.0 Å². The average molecular weight is 340 g/mol. The zero-order chi connectivity index (χ0) is 13.2. The second kappa shape index (κ2) is 5.24. The summed E-state index contributed by atoms with van der Waals surface area (Å²) in [5.74, 6) is 0.986. The molecule has 3 rings (SSSR count). The Labute approximate surface area is 121 Å². The highest BCUT2D eigenvalue weighted by molar-refractivity contribution is 9.11. The fourth-order valence-electron chi connectivity index (χ4n) is 1.64. The second-order valence-corrected chi connectivity index (χ2v) is 6.41. The van der Waals surface area contributed by atoms with Gasteiger partial charge < -0.3 is 15.2 Å². The minimum atomic E-state index is -0.342. The molecule has 1 atom stereocenters. The Morgan fingerprint density at radius 1 is 1.47 bits per heavy atom. The van der Waals surface area contributed by atoms with Gasteiger partial charge in [-0.05, 0) is 28.1 Å². The van der Waals surface area contributed by atoms with Crippen LogP contribution in [0.4, 0.5) is 0 Å². The fraction of sp³-hybridized carbons (Fsp3) is 0.182. The molecule has 0 aliphatic heterocycles. The average Bonchev–Trinajstić information content (AvgIpc) is 3.07. The van der Waals surface area contributed by atoms with Crippen molar-refractivity contribution < 1.29 is 4.52 Å². The summed E-state index contributed by atoms with van der Waals surface area (Å²) in [5.41, 5.74) is 6.97. The van der Waals surface area contributed by atoms with Crippen molar-refractivity contribution in [1.82, 2.24) is 20.1 Å². The van der Waals surface area contributed by atoms with Crippen LogP contribution in [0.1, 0.15) is 17.6 Å². The first kappa shape index (κ1) is 12.5. The molecule has 0 bridgehead atoms. The molecule has 3 aromatic rings. The summed E-state index contributed by atoms with van der Waals surface area (Å²) in [6, 6.07) is 3.54. The summed E-state index contributed by atoms with van der Waals surface area (Å²) in [6.07, 6.45) is 3.92. The van der Waals surface area contributed by atoms with Gasteiger partial charge in [-0.3, -0.25) is 0 Å². The Hall–Kier alpha value is -1.51. The van der Waals surface area contributed by atoms with Crippen molar-refractivity contribution in [3.63, 3.8) is 0 Å². The third kappa shape index (κ3) is 2.75. The smallest absolute Gasteiger partial charge is 0.244 e. The van der Waals surface area contributed by atoms with E-state index in [4.69, 9.17) is 10.3 Å². The number of hydrogen-bond donors (Lipinski definition) is 2. The molecule has 3 heterocycles. The number of thiophene rings is 1. The molecule has 0 radical (unpaired) electrons. The van der Waals surface area contributed by atoms with Crippen LogP contribution in [0.25, 0.3) is 10.7 Å². The summed E-state index contributed by atoms with van der Waals surface area (Å²) in [5, 5.41) is 3.95. The normalized spacial score (nSPS) is 12.7. The maximum atomic E-state index is 6.03. The third-order valence-corrected chi connectivity index (χ3v) is 4.17. The number of rotatable bonds is 4. The van der Waals surface area contributed by atoms with Gasteiger partial charge in [-0.1, -0.05) is 5.16 Å². The molecule has 0 saturated heterocycles. The van der Waals surface area contributed by atoms with E-state index in [1.54, 1.807) is 23.9 Å². The van der Waals surface area contributed by atoms with E-state index in [1.807, 2.05) is 12.1 Å². The lowest BCUT2D eigenvalue weighted by atomic mass is 10.2. The van der Waals surface area contributed by atoms with Crippen LogP contribution in [0.2, 0.25) is 0 Å². The lowest BCUT2D eigenvalue weighted by Crippen LogP contribution is -2.13. The van der Waals surface area contributed by atoms with Crippen LogP contribution in [0.3, 0.4) is 0 Å². The Morgan fingerprint density at radius 2 is 2.37 bits per heavy atom.